The molecule has 1 saturated heterocycles. The lowest BCUT2D eigenvalue weighted by atomic mass is 9.87. The Hall–Kier alpha value is -1.59. The van der Waals surface area contributed by atoms with Crippen molar-refractivity contribution in [3.05, 3.63) is 35.9 Å². The van der Waals surface area contributed by atoms with Gasteiger partial charge in [-0.25, -0.2) is 10.2 Å². The second-order valence-electron chi connectivity index (χ2n) is 5.14. The van der Waals surface area contributed by atoms with Crippen LogP contribution in [0.2, 0.25) is 0 Å². The van der Waals surface area contributed by atoms with Gasteiger partial charge in [0.2, 0.25) is 0 Å². The maximum Gasteiger partial charge on any atom is 0.421 e. The van der Waals surface area contributed by atoms with E-state index < -0.39 is 6.09 Å². The smallest absolute Gasteiger partial charge is 0.421 e. The van der Waals surface area contributed by atoms with E-state index in [0.717, 1.165) is 32.4 Å². The van der Waals surface area contributed by atoms with Gasteiger partial charge in [0.15, 0.2) is 0 Å². The molecule has 2 unspecified atom stereocenters. The number of ether oxygens (including phenoxy) is 1. The molecule has 0 aromatic heterocycles. The summed E-state index contributed by atoms with van der Waals surface area (Å²) in [6.45, 7) is 1.90. The van der Waals surface area contributed by atoms with Crippen LogP contribution in [-0.2, 0) is 11.2 Å². The van der Waals surface area contributed by atoms with Crippen LogP contribution in [0.25, 0.3) is 0 Å². The lowest BCUT2D eigenvalue weighted by Gasteiger charge is -2.32. The number of rotatable bonds is 5. The van der Waals surface area contributed by atoms with Crippen LogP contribution in [-0.4, -0.2) is 32.3 Å². The van der Waals surface area contributed by atoms with E-state index in [9.17, 15) is 4.79 Å². The van der Waals surface area contributed by atoms with Crippen molar-refractivity contribution in [2.45, 2.75) is 25.3 Å². The normalized spacial score (nSPS) is 22.2. The van der Waals surface area contributed by atoms with Gasteiger partial charge in [0.25, 0.3) is 0 Å². The molecule has 2 atom stereocenters. The van der Waals surface area contributed by atoms with Crippen molar-refractivity contribution in [1.82, 2.24) is 16.2 Å². The molecule has 5 heteroatoms. The number of amides is 1. The topological polar surface area (TPSA) is 62.4 Å². The summed E-state index contributed by atoms with van der Waals surface area (Å²) in [7, 11) is 1.36. The zero-order valence-electron chi connectivity index (χ0n) is 11.9. The first-order chi connectivity index (χ1) is 9.79. The Bertz CT molecular complexity index is 411. The molecule has 1 aliphatic heterocycles. The summed E-state index contributed by atoms with van der Waals surface area (Å²) in [6, 6.07) is 10.8. The van der Waals surface area contributed by atoms with Crippen LogP contribution in [0.1, 0.15) is 18.4 Å². The van der Waals surface area contributed by atoms with Gasteiger partial charge < -0.3 is 10.1 Å². The van der Waals surface area contributed by atoms with Gasteiger partial charge in [-0.05, 0) is 37.3 Å². The summed E-state index contributed by atoms with van der Waals surface area (Å²) in [5, 5.41) is 3.35. The number of carbonyl (C=O) groups is 1. The van der Waals surface area contributed by atoms with Crippen molar-refractivity contribution in [3.63, 3.8) is 0 Å². The molecule has 0 spiro atoms. The molecular formula is C15H23N3O2. The second-order valence-corrected chi connectivity index (χ2v) is 5.14. The third-order valence-electron chi connectivity index (χ3n) is 3.82. The first kappa shape index (κ1) is 14.8. The lowest BCUT2D eigenvalue weighted by Crippen LogP contribution is -2.55. The number of piperidine rings is 1. The largest absolute Gasteiger partial charge is 0.452 e. The van der Waals surface area contributed by atoms with Crippen LogP contribution < -0.4 is 16.2 Å². The maximum atomic E-state index is 11.1. The molecular weight excluding hydrogens is 254 g/mol. The SMILES string of the molecule is COC(=O)NNC1CNCCC1CCc1ccccc1. The van der Waals surface area contributed by atoms with E-state index in [0.29, 0.717) is 5.92 Å². The van der Waals surface area contributed by atoms with E-state index in [4.69, 9.17) is 0 Å². The Morgan fingerprint density at radius 3 is 2.95 bits per heavy atom. The summed E-state index contributed by atoms with van der Waals surface area (Å²) in [4.78, 5) is 11.1. The van der Waals surface area contributed by atoms with Crippen molar-refractivity contribution < 1.29 is 9.53 Å². The van der Waals surface area contributed by atoms with Gasteiger partial charge >= 0.3 is 6.09 Å². The highest BCUT2D eigenvalue weighted by molar-refractivity contribution is 5.66. The molecule has 0 radical (unpaired) electrons. The zero-order valence-corrected chi connectivity index (χ0v) is 11.9. The Balaban J connectivity index is 1.82. The minimum Gasteiger partial charge on any atom is -0.452 e. The molecule has 1 aromatic rings. The van der Waals surface area contributed by atoms with Crippen molar-refractivity contribution in [3.8, 4) is 0 Å². The number of aryl methyl sites for hydroxylation is 1. The summed E-state index contributed by atoms with van der Waals surface area (Å²) < 4.78 is 4.57. The molecule has 1 aromatic carbocycles. The standard InChI is InChI=1S/C15H23N3O2/c1-20-15(19)18-17-14-11-16-10-9-13(14)8-7-12-5-3-2-4-6-12/h2-6,13-14,16-17H,7-11H2,1H3,(H,18,19). The van der Waals surface area contributed by atoms with Gasteiger partial charge in [-0.3, -0.25) is 5.43 Å². The number of hydrogen-bond acceptors (Lipinski definition) is 4. The first-order valence-electron chi connectivity index (χ1n) is 7.13. The summed E-state index contributed by atoms with van der Waals surface area (Å²) in [5.41, 5.74) is 7.02. The third-order valence-corrected chi connectivity index (χ3v) is 3.82. The summed E-state index contributed by atoms with van der Waals surface area (Å²) >= 11 is 0. The highest BCUT2D eigenvalue weighted by Crippen LogP contribution is 2.19. The number of hydrazine groups is 1. The third kappa shape index (κ3) is 4.51. The zero-order chi connectivity index (χ0) is 14.2. The molecule has 1 fully saturated rings. The summed E-state index contributed by atoms with van der Waals surface area (Å²) in [6.07, 6.45) is 2.86. The molecule has 2 rings (SSSR count). The van der Waals surface area contributed by atoms with E-state index in [2.05, 4.69) is 45.2 Å². The minimum absolute atomic E-state index is 0.242. The fraction of sp³-hybridized carbons (Fsp3) is 0.533. The molecule has 0 bridgehead atoms. The number of carbonyl (C=O) groups excluding carboxylic acids is 1. The van der Waals surface area contributed by atoms with Crippen LogP contribution in [0.5, 0.6) is 0 Å². The molecule has 1 heterocycles. The van der Waals surface area contributed by atoms with Crippen molar-refractivity contribution in [2.75, 3.05) is 20.2 Å². The Morgan fingerprint density at radius 1 is 1.40 bits per heavy atom. The lowest BCUT2D eigenvalue weighted by molar-refractivity contribution is 0.156. The fourth-order valence-corrected chi connectivity index (χ4v) is 2.63. The number of benzene rings is 1. The quantitative estimate of drug-likeness (QED) is 0.713. The summed E-state index contributed by atoms with van der Waals surface area (Å²) in [5.74, 6) is 0.550. The van der Waals surface area contributed by atoms with Crippen molar-refractivity contribution in [1.29, 1.82) is 0 Å². The molecule has 3 N–H and O–H groups in total. The minimum atomic E-state index is -0.447. The molecule has 5 nitrogen and oxygen atoms in total. The maximum absolute atomic E-state index is 11.1. The first-order valence-corrected chi connectivity index (χ1v) is 7.13. The van der Waals surface area contributed by atoms with Crippen LogP contribution in [0, 0.1) is 5.92 Å². The molecule has 0 saturated carbocycles. The molecule has 1 amide bonds. The van der Waals surface area contributed by atoms with E-state index in [1.807, 2.05) is 6.07 Å². The van der Waals surface area contributed by atoms with E-state index in [1.54, 1.807) is 0 Å². The van der Waals surface area contributed by atoms with Crippen molar-refractivity contribution >= 4 is 6.09 Å². The van der Waals surface area contributed by atoms with E-state index >= 15 is 0 Å². The van der Waals surface area contributed by atoms with Crippen LogP contribution in [0.4, 0.5) is 4.79 Å². The van der Waals surface area contributed by atoms with Gasteiger partial charge in [0.05, 0.1) is 7.11 Å². The molecule has 1 aliphatic rings. The highest BCUT2D eigenvalue weighted by Gasteiger charge is 2.24. The Labute approximate surface area is 120 Å². The number of hydrogen-bond donors (Lipinski definition) is 3. The monoisotopic (exact) mass is 277 g/mol. The number of methoxy groups -OCH3 is 1. The Kier molecular flexibility index (Phi) is 5.83. The van der Waals surface area contributed by atoms with Crippen molar-refractivity contribution in [2.24, 2.45) is 5.92 Å². The van der Waals surface area contributed by atoms with Gasteiger partial charge in [-0.1, -0.05) is 30.3 Å². The van der Waals surface area contributed by atoms with Gasteiger partial charge in [-0.2, -0.15) is 0 Å². The van der Waals surface area contributed by atoms with Gasteiger partial charge in [-0.15, -0.1) is 0 Å². The van der Waals surface area contributed by atoms with Crippen LogP contribution >= 0.6 is 0 Å². The average Bonchev–Trinajstić information content (AvgIpc) is 2.52. The molecule has 0 aliphatic carbocycles. The molecule has 20 heavy (non-hydrogen) atoms. The fourth-order valence-electron chi connectivity index (χ4n) is 2.63. The second kappa shape index (κ2) is 7.87. The van der Waals surface area contributed by atoms with Gasteiger partial charge in [0, 0.05) is 12.6 Å². The van der Waals surface area contributed by atoms with Gasteiger partial charge in [0.1, 0.15) is 0 Å². The highest BCUT2D eigenvalue weighted by atomic mass is 16.5. The predicted molar refractivity (Wildman–Crippen MR) is 78.2 cm³/mol. The van der Waals surface area contributed by atoms with Crippen LogP contribution in [0.15, 0.2) is 30.3 Å². The Morgan fingerprint density at radius 2 is 2.20 bits per heavy atom. The van der Waals surface area contributed by atoms with Crippen LogP contribution in [0.3, 0.4) is 0 Å². The van der Waals surface area contributed by atoms with E-state index in [-0.39, 0.29) is 6.04 Å². The molecule has 110 valence electrons. The number of nitrogens with one attached hydrogen (secondary N) is 3. The van der Waals surface area contributed by atoms with E-state index in [1.165, 1.54) is 12.7 Å². The average molecular weight is 277 g/mol. The predicted octanol–water partition coefficient (Wildman–Crippen LogP) is 1.46.